The molecule has 0 unspecified atom stereocenters. The molecule has 174 valence electrons. The molecular formula is C30H20N2O4. The third kappa shape index (κ3) is 3.80. The van der Waals surface area contributed by atoms with Gasteiger partial charge in [-0.3, -0.25) is 19.2 Å². The van der Waals surface area contributed by atoms with E-state index in [1.165, 1.54) is 12.1 Å². The first-order valence-electron chi connectivity index (χ1n) is 11.2. The van der Waals surface area contributed by atoms with Gasteiger partial charge < -0.3 is 11.5 Å². The number of Topliss-reactive ketones (excluding diaryl/α,β-unsaturated/α-hetero) is 4. The summed E-state index contributed by atoms with van der Waals surface area (Å²) in [4.78, 5) is 51.5. The standard InChI is InChI=1S/C30H20N2O4/c31-25-21-13-11-19(29(35)27(33)17-7-3-1-4-8-17)15-23(21)24-16-20(12-14-22(24)26(25)32)30(36)28(34)18-9-5-2-6-10-18/h1-16H,31-32H2. The zero-order chi connectivity index (χ0) is 25.4. The summed E-state index contributed by atoms with van der Waals surface area (Å²) >= 11 is 0. The highest BCUT2D eigenvalue weighted by Gasteiger charge is 2.22. The Balaban J connectivity index is 1.65. The number of nitrogens with two attached hydrogens (primary N) is 2. The zero-order valence-corrected chi connectivity index (χ0v) is 19.0. The van der Waals surface area contributed by atoms with Crippen molar-refractivity contribution < 1.29 is 19.2 Å². The van der Waals surface area contributed by atoms with Crippen LogP contribution in [0.4, 0.5) is 11.4 Å². The van der Waals surface area contributed by atoms with Crippen LogP contribution in [0.2, 0.25) is 0 Å². The smallest absolute Gasteiger partial charge is 0.233 e. The van der Waals surface area contributed by atoms with E-state index in [4.69, 9.17) is 11.5 Å². The molecule has 0 bridgehead atoms. The van der Waals surface area contributed by atoms with Crippen LogP contribution in [0.15, 0.2) is 97.1 Å². The number of hydrogen-bond acceptors (Lipinski definition) is 6. The lowest BCUT2D eigenvalue weighted by atomic mass is 9.92. The minimum Gasteiger partial charge on any atom is -0.397 e. The quantitative estimate of drug-likeness (QED) is 0.114. The molecule has 5 aromatic rings. The lowest BCUT2D eigenvalue weighted by molar-refractivity contribution is 0.0817. The van der Waals surface area contributed by atoms with Gasteiger partial charge in [0.25, 0.3) is 0 Å². The van der Waals surface area contributed by atoms with Gasteiger partial charge in [-0.25, -0.2) is 0 Å². The summed E-state index contributed by atoms with van der Waals surface area (Å²) in [6, 6.07) is 26.1. The van der Waals surface area contributed by atoms with Crippen LogP contribution >= 0.6 is 0 Å². The number of carbonyl (C=O) groups excluding carboxylic acids is 4. The number of ketones is 4. The largest absolute Gasteiger partial charge is 0.397 e. The number of fused-ring (bicyclic) bond motifs is 3. The summed E-state index contributed by atoms with van der Waals surface area (Å²) in [6.07, 6.45) is 0. The van der Waals surface area contributed by atoms with Gasteiger partial charge in [0.15, 0.2) is 0 Å². The van der Waals surface area contributed by atoms with Crippen molar-refractivity contribution in [2.24, 2.45) is 0 Å². The maximum Gasteiger partial charge on any atom is 0.233 e. The second-order valence-electron chi connectivity index (χ2n) is 8.40. The monoisotopic (exact) mass is 472 g/mol. The first-order chi connectivity index (χ1) is 17.4. The van der Waals surface area contributed by atoms with E-state index in [1.807, 2.05) is 0 Å². The topological polar surface area (TPSA) is 120 Å². The predicted molar refractivity (Wildman–Crippen MR) is 140 cm³/mol. The van der Waals surface area contributed by atoms with Gasteiger partial charge in [0.2, 0.25) is 23.1 Å². The van der Waals surface area contributed by atoms with Gasteiger partial charge in [0.1, 0.15) is 0 Å². The fraction of sp³-hybridized carbons (Fsp3) is 0. The Bertz CT molecular complexity index is 1580. The van der Waals surface area contributed by atoms with Crippen molar-refractivity contribution in [3.05, 3.63) is 119 Å². The summed E-state index contributed by atoms with van der Waals surface area (Å²) < 4.78 is 0. The van der Waals surface area contributed by atoms with Crippen LogP contribution in [0.5, 0.6) is 0 Å². The third-order valence-corrected chi connectivity index (χ3v) is 6.21. The molecule has 0 aromatic heterocycles. The Morgan fingerprint density at radius 1 is 0.389 bits per heavy atom. The molecule has 0 radical (unpaired) electrons. The highest BCUT2D eigenvalue weighted by atomic mass is 16.2. The van der Waals surface area contributed by atoms with Crippen LogP contribution in [-0.2, 0) is 0 Å². The lowest BCUT2D eigenvalue weighted by Gasteiger charge is -2.13. The predicted octanol–water partition coefficient (Wildman–Crippen LogP) is 5.29. The van der Waals surface area contributed by atoms with E-state index in [9.17, 15) is 19.2 Å². The molecule has 0 saturated heterocycles. The van der Waals surface area contributed by atoms with Crippen molar-refractivity contribution in [3.8, 4) is 0 Å². The Hall–Kier alpha value is -5.10. The number of carbonyl (C=O) groups is 4. The van der Waals surface area contributed by atoms with Gasteiger partial charge in [-0.05, 0) is 22.9 Å². The van der Waals surface area contributed by atoms with Gasteiger partial charge >= 0.3 is 0 Å². The highest BCUT2D eigenvalue weighted by Crippen LogP contribution is 2.38. The van der Waals surface area contributed by atoms with Gasteiger partial charge in [0.05, 0.1) is 11.4 Å². The van der Waals surface area contributed by atoms with E-state index >= 15 is 0 Å². The van der Waals surface area contributed by atoms with Gasteiger partial charge in [-0.2, -0.15) is 0 Å². The number of nitrogen functional groups attached to an aromatic ring is 2. The summed E-state index contributed by atoms with van der Waals surface area (Å²) in [5.74, 6) is -2.60. The summed E-state index contributed by atoms with van der Waals surface area (Å²) in [6.45, 7) is 0. The molecule has 0 aliphatic carbocycles. The second-order valence-corrected chi connectivity index (χ2v) is 8.40. The van der Waals surface area contributed by atoms with Crippen molar-refractivity contribution in [3.63, 3.8) is 0 Å². The zero-order valence-electron chi connectivity index (χ0n) is 19.0. The normalized spacial score (nSPS) is 10.9. The molecule has 5 aromatic carbocycles. The van der Waals surface area contributed by atoms with Crippen molar-refractivity contribution in [2.45, 2.75) is 0 Å². The first-order valence-corrected chi connectivity index (χ1v) is 11.2. The molecule has 0 aliphatic rings. The number of rotatable bonds is 6. The molecule has 5 rings (SSSR count). The third-order valence-electron chi connectivity index (χ3n) is 6.21. The fourth-order valence-electron chi connectivity index (χ4n) is 4.28. The molecule has 0 saturated carbocycles. The fourth-order valence-corrected chi connectivity index (χ4v) is 4.28. The molecule has 0 atom stereocenters. The highest BCUT2D eigenvalue weighted by molar-refractivity contribution is 6.50. The molecule has 36 heavy (non-hydrogen) atoms. The van der Waals surface area contributed by atoms with Crippen LogP contribution in [0.1, 0.15) is 41.4 Å². The Morgan fingerprint density at radius 2 is 0.722 bits per heavy atom. The molecule has 6 nitrogen and oxygen atoms in total. The van der Waals surface area contributed by atoms with Crippen LogP contribution < -0.4 is 11.5 Å². The Morgan fingerprint density at radius 3 is 1.08 bits per heavy atom. The lowest BCUT2D eigenvalue weighted by Crippen LogP contribution is -2.15. The van der Waals surface area contributed by atoms with Gasteiger partial charge in [0, 0.05) is 33.0 Å². The number of anilines is 2. The van der Waals surface area contributed by atoms with Crippen molar-refractivity contribution >= 4 is 56.1 Å². The number of hydrogen-bond donors (Lipinski definition) is 2. The van der Waals surface area contributed by atoms with Crippen molar-refractivity contribution in [2.75, 3.05) is 11.5 Å². The van der Waals surface area contributed by atoms with E-state index in [2.05, 4.69) is 0 Å². The van der Waals surface area contributed by atoms with Crippen LogP contribution in [-0.4, -0.2) is 23.1 Å². The average Bonchev–Trinajstić information content (AvgIpc) is 2.94. The first kappa shape index (κ1) is 22.7. The van der Waals surface area contributed by atoms with Crippen molar-refractivity contribution in [1.29, 1.82) is 0 Å². The molecule has 0 fully saturated rings. The minimum atomic E-state index is -0.668. The van der Waals surface area contributed by atoms with Gasteiger partial charge in [-0.1, -0.05) is 84.9 Å². The van der Waals surface area contributed by atoms with Crippen LogP contribution in [0.25, 0.3) is 21.5 Å². The summed E-state index contributed by atoms with van der Waals surface area (Å²) in [5.41, 5.74) is 14.2. The van der Waals surface area contributed by atoms with E-state index < -0.39 is 23.1 Å². The minimum absolute atomic E-state index is 0.180. The second kappa shape index (κ2) is 8.92. The van der Waals surface area contributed by atoms with Crippen molar-refractivity contribution in [1.82, 2.24) is 0 Å². The molecule has 0 aliphatic heterocycles. The van der Waals surface area contributed by atoms with E-state index in [0.29, 0.717) is 32.9 Å². The van der Waals surface area contributed by atoms with E-state index in [0.717, 1.165) is 0 Å². The van der Waals surface area contributed by atoms with Crippen LogP contribution in [0.3, 0.4) is 0 Å². The van der Waals surface area contributed by atoms with Crippen LogP contribution in [0, 0.1) is 0 Å². The summed E-state index contributed by atoms with van der Waals surface area (Å²) in [5, 5.41) is 2.24. The molecule has 0 heterocycles. The molecular weight excluding hydrogens is 452 g/mol. The number of benzene rings is 5. The van der Waals surface area contributed by atoms with E-state index in [-0.39, 0.29) is 22.3 Å². The Kier molecular flexibility index (Phi) is 5.62. The molecule has 0 amide bonds. The maximum atomic E-state index is 13.0. The molecule has 6 heteroatoms. The van der Waals surface area contributed by atoms with Gasteiger partial charge in [-0.15, -0.1) is 0 Å². The average molecular weight is 473 g/mol. The molecule has 0 spiro atoms. The SMILES string of the molecule is Nc1c(N)c2ccc(C(=O)C(=O)c3ccccc3)cc2c2cc(C(=O)C(=O)c3ccccc3)ccc12. The molecule has 4 N–H and O–H groups in total. The summed E-state index contributed by atoms with van der Waals surface area (Å²) in [7, 11) is 0. The Labute approximate surface area is 206 Å². The van der Waals surface area contributed by atoms with E-state index in [1.54, 1.807) is 84.9 Å². The maximum absolute atomic E-state index is 13.0.